The molecule has 0 spiro atoms. The third-order valence-corrected chi connectivity index (χ3v) is 5.17. The van der Waals surface area contributed by atoms with Crippen LogP contribution in [0.5, 0.6) is 0 Å². The number of hydrogen-bond acceptors (Lipinski definition) is 10. The summed E-state index contributed by atoms with van der Waals surface area (Å²) in [5.41, 5.74) is -0.504. The molecule has 0 heterocycles. The first-order valence-corrected chi connectivity index (χ1v) is 9.79. The summed E-state index contributed by atoms with van der Waals surface area (Å²) in [6.45, 7) is 1.38. The molecule has 11 heteroatoms. The van der Waals surface area contributed by atoms with E-state index in [1.165, 1.54) is 12.1 Å². The number of ether oxygens (including phenoxy) is 1. The fourth-order valence-electron chi connectivity index (χ4n) is 3.68. The van der Waals surface area contributed by atoms with Crippen LogP contribution in [0.2, 0.25) is 0 Å². The van der Waals surface area contributed by atoms with Crippen molar-refractivity contribution in [2.45, 2.75) is 26.4 Å². The van der Waals surface area contributed by atoms with Crippen LogP contribution in [0.25, 0.3) is 16.7 Å². The third-order valence-electron chi connectivity index (χ3n) is 5.17. The van der Waals surface area contributed by atoms with Crippen molar-refractivity contribution in [3.63, 3.8) is 0 Å². The number of allylic oxidation sites excluding steroid dienone is 1. The summed E-state index contributed by atoms with van der Waals surface area (Å²) in [6, 6.07) is 8.23. The van der Waals surface area contributed by atoms with Crippen molar-refractivity contribution in [2.24, 2.45) is 0 Å². The molecule has 3 N–H and O–H groups in total. The number of anilines is 1. The molecule has 2 aromatic carbocycles. The van der Waals surface area contributed by atoms with Crippen LogP contribution in [0.4, 0.5) is 11.4 Å². The maximum Gasteiger partial charge on any atom is 0.339 e. The lowest BCUT2D eigenvalue weighted by molar-refractivity contribution is -0.384. The highest BCUT2D eigenvalue weighted by molar-refractivity contribution is 6.12. The quantitative estimate of drug-likeness (QED) is 0.158. The summed E-state index contributed by atoms with van der Waals surface area (Å²) in [7, 11) is 0. The Kier molecular flexibility index (Phi) is 6.70. The van der Waals surface area contributed by atoms with Gasteiger partial charge in [0.15, 0.2) is 0 Å². The van der Waals surface area contributed by atoms with Gasteiger partial charge in [0, 0.05) is 28.8 Å². The minimum Gasteiger partial charge on any atom is -0.462 e. The Morgan fingerprint density at radius 1 is 1.15 bits per heavy atom. The van der Waals surface area contributed by atoms with Crippen molar-refractivity contribution in [1.82, 2.24) is 0 Å². The van der Waals surface area contributed by atoms with Gasteiger partial charge in [-0.25, -0.2) is 4.79 Å². The zero-order valence-corrected chi connectivity index (χ0v) is 17.4. The highest BCUT2D eigenvalue weighted by Crippen LogP contribution is 2.50. The highest BCUT2D eigenvalue weighted by Gasteiger charge is 2.35. The number of unbranched alkanes of at least 4 members (excludes halogenated alkanes) is 1. The Balaban J connectivity index is 2.43. The average molecular weight is 450 g/mol. The Morgan fingerprint density at radius 2 is 1.85 bits per heavy atom. The number of esters is 1. The molecule has 0 saturated carbocycles. The summed E-state index contributed by atoms with van der Waals surface area (Å²) >= 11 is 0. The molecule has 2 aromatic rings. The number of nitro groups is 1. The first-order chi connectivity index (χ1) is 15.8. The Labute approximate surface area is 187 Å². The summed E-state index contributed by atoms with van der Waals surface area (Å²) in [5, 5.41) is 59.2. The molecule has 0 aliphatic heterocycles. The monoisotopic (exact) mass is 450 g/mol. The lowest BCUT2D eigenvalue weighted by atomic mass is 9.96. The van der Waals surface area contributed by atoms with Gasteiger partial charge in [0.25, 0.3) is 5.69 Å². The van der Waals surface area contributed by atoms with Gasteiger partial charge in [-0.05, 0) is 35.2 Å². The molecule has 0 fully saturated rings. The number of fused-ring (bicyclic) bond motifs is 3. The van der Waals surface area contributed by atoms with E-state index in [4.69, 9.17) is 4.74 Å². The van der Waals surface area contributed by atoms with E-state index in [0.29, 0.717) is 6.42 Å². The number of nitriles is 2. The van der Waals surface area contributed by atoms with Crippen LogP contribution in [-0.2, 0) is 11.3 Å². The topological polar surface area (TPSA) is 181 Å². The lowest BCUT2D eigenvalue weighted by Gasteiger charge is -2.15. The van der Waals surface area contributed by atoms with E-state index in [1.807, 2.05) is 6.92 Å². The number of hydrogen-bond donors (Lipinski definition) is 3. The summed E-state index contributed by atoms with van der Waals surface area (Å²) < 4.78 is 5.27. The molecule has 168 valence electrons. The fourth-order valence-corrected chi connectivity index (χ4v) is 3.68. The molecule has 1 aliphatic rings. The van der Waals surface area contributed by atoms with Gasteiger partial charge < -0.3 is 9.84 Å². The number of rotatable bonds is 7. The predicted molar refractivity (Wildman–Crippen MR) is 113 cm³/mol. The van der Waals surface area contributed by atoms with E-state index in [0.717, 1.165) is 18.6 Å². The number of nitrogens with zero attached hydrogens (tertiary/aromatic N) is 4. The van der Waals surface area contributed by atoms with E-state index in [-0.39, 0.29) is 56.5 Å². The van der Waals surface area contributed by atoms with E-state index in [1.54, 1.807) is 12.1 Å². The first kappa shape index (κ1) is 23.4. The van der Waals surface area contributed by atoms with Gasteiger partial charge in [-0.2, -0.15) is 10.5 Å². The summed E-state index contributed by atoms with van der Waals surface area (Å²) in [5.74, 6) is -0.827. The zero-order chi connectivity index (χ0) is 24.3. The summed E-state index contributed by atoms with van der Waals surface area (Å²) in [6.07, 6.45) is 1.34. The normalized spacial score (nSPS) is 11.2. The van der Waals surface area contributed by atoms with Crippen LogP contribution in [0.1, 0.15) is 46.8 Å². The van der Waals surface area contributed by atoms with Gasteiger partial charge in [-0.3, -0.25) is 20.5 Å². The van der Waals surface area contributed by atoms with Crippen LogP contribution >= 0.6 is 0 Å². The van der Waals surface area contributed by atoms with Crippen LogP contribution in [0.3, 0.4) is 0 Å². The number of nitro benzene ring substituents is 1. The molecule has 0 bridgehead atoms. The largest absolute Gasteiger partial charge is 0.462 e. The fraction of sp³-hybridized carbons (Fsp3) is 0.227. The maximum absolute atomic E-state index is 12.9. The lowest BCUT2D eigenvalue weighted by Crippen LogP contribution is -2.14. The van der Waals surface area contributed by atoms with Gasteiger partial charge >= 0.3 is 5.97 Å². The number of aliphatic hydroxyl groups excluding tert-OH is 1. The number of non-ortho nitro benzene ring substituents is 1. The highest BCUT2D eigenvalue weighted by atomic mass is 16.8. The number of carbonyl (C=O) groups is 1. The van der Waals surface area contributed by atoms with Gasteiger partial charge in [0.1, 0.15) is 23.4 Å². The van der Waals surface area contributed by atoms with Crippen molar-refractivity contribution in [2.75, 3.05) is 11.8 Å². The second-order valence-corrected chi connectivity index (χ2v) is 7.11. The average Bonchev–Trinajstić information content (AvgIpc) is 3.11. The Bertz CT molecular complexity index is 1250. The molecule has 33 heavy (non-hydrogen) atoms. The minimum absolute atomic E-state index is 0.0103. The minimum atomic E-state index is -0.827. The molecule has 0 atom stereocenters. The molecular formula is C22H18N4O7. The van der Waals surface area contributed by atoms with Crippen LogP contribution in [-0.4, -0.2) is 33.0 Å². The van der Waals surface area contributed by atoms with Crippen molar-refractivity contribution in [3.05, 3.63) is 62.2 Å². The molecule has 11 nitrogen and oxygen atoms in total. The van der Waals surface area contributed by atoms with E-state index < -0.39 is 28.8 Å². The van der Waals surface area contributed by atoms with Gasteiger partial charge in [0.05, 0.1) is 23.7 Å². The van der Waals surface area contributed by atoms with Crippen LogP contribution < -0.4 is 5.23 Å². The number of carbonyl (C=O) groups excluding carboxylic acids is 1. The molecule has 1 aliphatic carbocycles. The molecule has 0 unspecified atom stereocenters. The predicted octanol–water partition coefficient (Wildman–Crippen LogP) is 3.46. The van der Waals surface area contributed by atoms with Crippen molar-refractivity contribution in [3.8, 4) is 23.3 Å². The first-order valence-electron chi connectivity index (χ1n) is 9.79. The zero-order valence-electron chi connectivity index (χ0n) is 17.4. The van der Waals surface area contributed by atoms with Crippen molar-refractivity contribution in [1.29, 1.82) is 10.5 Å². The summed E-state index contributed by atoms with van der Waals surface area (Å²) in [4.78, 5) is 23.7. The molecule has 0 aromatic heterocycles. The van der Waals surface area contributed by atoms with Crippen LogP contribution in [0.15, 0.2) is 29.8 Å². The van der Waals surface area contributed by atoms with Crippen LogP contribution in [0, 0.1) is 32.8 Å². The number of benzene rings is 2. The SMILES string of the molecule is CCCCOC(=O)c1cc([N+](=O)[O-])cc2c1-c1cc(CO)c(N(O)O)cc1C2=C(C#N)C#N. The number of aliphatic hydroxyl groups is 1. The third kappa shape index (κ3) is 4.12. The molecule has 0 amide bonds. The second kappa shape index (κ2) is 9.46. The van der Waals surface area contributed by atoms with Gasteiger partial charge in [-0.1, -0.05) is 13.3 Å². The van der Waals surface area contributed by atoms with E-state index in [2.05, 4.69) is 0 Å². The van der Waals surface area contributed by atoms with Gasteiger partial charge in [-0.15, -0.1) is 5.23 Å². The Morgan fingerprint density at radius 3 is 2.39 bits per heavy atom. The Hall–Kier alpha value is -4.29. The standard InChI is InChI=1S/C22H18N4O7/c1-2-3-4-33-22(28)18-7-14(25(29)30)6-17-20(13(9-23)10-24)16-8-19(26(31)32)12(11-27)5-15(16)21(17)18/h5-8,27,31-32H,2-4,11H2,1H3. The van der Waals surface area contributed by atoms with Gasteiger partial charge in [0.2, 0.25) is 0 Å². The molecule has 0 radical (unpaired) electrons. The van der Waals surface area contributed by atoms with Crippen molar-refractivity contribution < 1.29 is 30.0 Å². The van der Waals surface area contributed by atoms with E-state index >= 15 is 0 Å². The van der Waals surface area contributed by atoms with E-state index in [9.17, 15) is 41.0 Å². The second-order valence-electron chi connectivity index (χ2n) is 7.11. The smallest absolute Gasteiger partial charge is 0.339 e. The molecule has 3 rings (SSSR count). The molecular weight excluding hydrogens is 432 g/mol. The van der Waals surface area contributed by atoms with Crippen molar-refractivity contribution >= 4 is 22.9 Å². The molecule has 0 saturated heterocycles. The maximum atomic E-state index is 12.9.